The van der Waals surface area contributed by atoms with Crippen LogP contribution in [-0.4, -0.2) is 52.9 Å². The van der Waals surface area contributed by atoms with Crippen molar-refractivity contribution in [1.82, 2.24) is 20.0 Å². The Balaban J connectivity index is 1.33. The van der Waals surface area contributed by atoms with Crippen LogP contribution in [-0.2, 0) is 16.8 Å². The molecule has 156 valence electrons. The van der Waals surface area contributed by atoms with Crippen molar-refractivity contribution in [1.29, 1.82) is 0 Å². The third-order valence-electron chi connectivity index (χ3n) is 5.56. The topological polar surface area (TPSA) is 59.4 Å². The zero-order chi connectivity index (χ0) is 20.4. The highest BCUT2D eigenvalue weighted by atomic mass is 16.5. The van der Waals surface area contributed by atoms with Crippen LogP contribution < -0.4 is 5.32 Å². The minimum absolute atomic E-state index is 0.00372. The molecule has 6 nitrogen and oxygen atoms in total. The van der Waals surface area contributed by atoms with Crippen LogP contribution in [0.15, 0.2) is 36.4 Å². The molecular weight excluding hydrogens is 364 g/mol. The van der Waals surface area contributed by atoms with Gasteiger partial charge in [0, 0.05) is 37.8 Å². The smallest absolute Gasteiger partial charge is 0.271 e. The Labute approximate surface area is 173 Å². The maximum atomic E-state index is 12.7. The van der Waals surface area contributed by atoms with Crippen molar-refractivity contribution in [3.63, 3.8) is 0 Å². The van der Waals surface area contributed by atoms with Crippen LogP contribution in [0.25, 0.3) is 0 Å². The Morgan fingerprint density at radius 3 is 2.69 bits per heavy atom. The number of carbonyl (C=O) groups is 1. The van der Waals surface area contributed by atoms with Crippen molar-refractivity contribution in [3.05, 3.63) is 53.3 Å². The Hall–Kier alpha value is -2.18. The molecule has 4 rings (SSSR count). The summed E-state index contributed by atoms with van der Waals surface area (Å²) in [5.74, 6) is 0.440. The summed E-state index contributed by atoms with van der Waals surface area (Å²) in [6.45, 7) is 10.2. The zero-order valence-electron chi connectivity index (χ0n) is 17.7. The van der Waals surface area contributed by atoms with Gasteiger partial charge < -0.3 is 10.1 Å². The second-order valence-electron chi connectivity index (χ2n) is 9.23. The summed E-state index contributed by atoms with van der Waals surface area (Å²) in [7, 11) is 0. The largest absolute Gasteiger partial charge is 0.374 e. The monoisotopic (exact) mass is 396 g/mol. The first-order valence-electron chi connectivity index (χ1n) is 10.7. The van der Waals surface area contributed by atoms with Gasteiger partial charge in [-0.3, -0.25) is 14.4 Å². The first-order chi connectivity index (χ1) is 13.9. The highest BCUT2D eigenvalue weighted by Crippen LogP contribution is 2.41. The molecule has 6 heteroatoms. The summed E-state index contributed by atoms with van der Waals surface area (Å²) in [5.41, 5.74) is 2.88. The fraction of sp³-hybridized carbons (Fsp3) is 0.565. The molecule has 1 aromatic heterocycles. The van der Waals surface area contributed by atoms with Gasteiger partial charge >= 0.3 is 0 Å². The number of ether oxygens (including phenoxy) is 1. The van der Waals surface area contributed by atoms with Crippen molar-refractivity contribution in [3.8, 4) is 0 Å². The fourth-order valence-corrected chi connectivity index (χ4v) is 3.90. The number of nitrogens with zero attached hydrogens (tertiary/aromatic N) is 3. The van der Waals surface area contributed by atoms with E-state index in [0.29, 0.717) is 24.8 Å². The number of aromatic nitrogens is 2. The molecule has 1 N–H and O–H groups in total. The standard InChI is InChI=1S/C23H32N4O2/c1-23(2,3)27-21(18-9-10-18)13-20(25-27)22(28)24-14-19-16-26(11-12-29-19)15-17-7-5-4-6-8-17/h4-8,13,18-19H,9-12,14-16H2,1-3H3,(H,24,28). The maximum absolute atomic E-state index is 12.7. The SMILES string of the molecule is CC(C)(C)n1nc(C(=O)NCC2CN(Cc3ccccc3)CCO2)cc1C1CC1. The summed E-state index contributed by atoms with van der Waals surface area (Å²) in [5, 5.41) is 7.67. The zero-order valence-corrected chi connectivity index (χ0v) is 17.7. The molecule has 1 aromatic carbocycles. The predicted molar refractivity (Wildman–Crippen MR) is 113 cm³/mol. The molecule has 2 aromatic rings. The molecule has 1 aliphatic carbocycles. The number of morpholine rings is 1. The van der Waals surface area contributed by atoms with Crippen LogP contribution in [0.3, 0.4) is 0 Å². The lowest BCUT2D eigenvalue weighted by molar-refractivity contribution is -0.0292. The van der Waals surface area contributed by atoms with Crippen LogP contribution in [0, 0.1) is 0 Å². The molecule has 0 spiro atoms. The van der Waals surface area contributed by atoms with Gasteiger partial charge in [-0.25, -0.2) is 0 Å². The molecular formula is C23H32N4O2. The number of benzene rings is 1. The number of nitrogens with one attached hydrogen (secondary N) is 1. The molecule has 1 saturated carbocycles. The van der Waals surface area contributed by atoms with Crippen LogP contribution >= 0.6 is 0 Å². The highest BCUT2D eigenvalue weighted by Gasteiger charge is 2.32. The second-order valence-corrected chi connectivity index (χ2v) is 9.23. The molecule has 0 bridgehead atoms. The molecule has 2 aliphatic rings. The van der Waals surface area contributed by atoms with Crippen LogP contribution in [0.2, 0.25) is 0 Å². The molecule has 29 heavy (non-hydrogen) atoms. The molecule has 1 amide bonds. The van der Waals surface area contributed by atoms with Crippen molar-refractivity contribution >= 4 is 5.91 Å². The highest BCUT2D eigenvalue weighted by molar-refractivity contribution is 5.92. The first kappa shape index (κ1) is 20.1. The number of amides is 1. The summed E-state index contributed by atoms with van der Waals surface area (Å²) in [4.78, 5) is 15.1. The van der Waals surface area contributed by atoms with Gasteiger partial charge in [0.15, 0.2) is 0 Å². The number of hydrogen-bond donors (Lipinski definition) is 1. The summed E-state index contributed by atoms with van der Waals surface area (Å²) in [6.07, 6.45) is 2.38. The first-order valence-corrected chi connectivity index (χ1v) is 10.7. The Morgan fingerprint density at radius 2 is 2.00 bits per heavy atom. The van der Waals surface area contributed by atoms with E-state index in [-0.39, 0.29) is 17.6 Å². The van der Waals surface area contributed by atoms with Gasteiger partial charge in [0.1, 0.15) is 5.69 Å². The van der Waals surface area contributed by atoms with Gasteiger partial charge in [-0.2, -0.15) is 5.10 Å². The predicted octanol–water partition coefficient (Wildman–Crippen LogP) is 3.15. The second kappa shape index (κ2) is 8.28. The van der Waals surface area contributed by atoms with E-state index in [0.717, 1.165) is 19.6 Å². The summed E-state index contributed by atoms with van der Waals surface area (Å²) < 4.78 is 7.91. The molecule has 2 fully saturated rings. The number of carbonyl (C=O) groups excluding carboxylic acids is 1. The third kappa shape index (κ3) is 5.06. The normalized spacial score (nSPS) is 20.6. The molecule has 1 aliphatic heterocycles. The quantitative estimate of drug-likeness (QED) is 0.815. The molecule has 1 saturated heterocycles. The maximum Gasteiger partial charge on any atom is 0.271 e. The number of hydrogen-bond acceptors (Lipinski definition) is 4. The van der Waals surface area contributed by atoms with E-state index < -0.39 is 0 Å². The van der Waals surface area contributed by atoms with E-state index in [4.69, 9.17) is 4.74 Å². The van der Waals surface area contributed by atoms with E-state index in [1.807, 2.05) is 16.8 Å². The van der Waals surface area contributed by atoms with E-state index in [1.54, 1.807) is 0 Å². The minimum Gasteiger partial charge on any atom is -0.374 e. The van der Waals surface area contributed by atoms with Crippen LogP contribution in [0.4, 0.5) is 0 Å². The van der Waals surface area contributed by atoms with Crippen molar-refractivity contribution in [2.45, 2.75) is 57.7 Å². The Kier molecular flexibility index (Phi) is 5.74. The van der Waals surface area contributed by atoms with E-state index >= 15 is 0 Å². The lowest BCUT2D eigenvalue weighted by Gasteiger charge is -2.33. The Morgan fingerprint density at radius 1 is 1.24 bits per heavy atom. The third-order valence-corrected chi connectivity index (χ3v) is 5.56. The average molecular weight is 397 g/mol. The lowest BCUT2D eigenvalue weighted by atomic mass is 10.1. The number of rotatable bonds is 6. The van der Waals surface area contributed by atoms with Crippen molar-refractivity contribution < 1.29 is 9.53 Å². The Bertz CT molecular complexity index is 836. The minimum atomic E-state index is -0.124. The van der Waals surface area contributed by atoms with Crippen molar-refractivity contribution in [2.24, 2.45) is 0 Å². The van der Waals surface area contributed by atoms with Gasteiger partial charge in [-0.05, 0) is 45.2 Å². The van der Waals surface area contributed by atoms with E-state index in [1.165, 1.54) is 24.1 Å². The van der Waals surface area contributed by atoms with Crippen LogP contribution in [0.1, 0.15) is 61.3 Å². The van der Waals surface area contributed by atoms with Crippen LogP contribution in [0.5, 0.6) is 0 Å². The fourth-order valence-electron chi connectivity index (χ4n) is 3.90. The van der Waals surface area contributed by atoms with Gasteiger partial charge in [-0.15, -0.1) is 0 Å². The van der Waals surface area contributed by atoms with Gasteiger partial charge in [-0.1, -0.05) is 30.3 Å². The van der Waals surface area contributed by atoms with E-state index in [2.05, 4.69) is 60.4 Å². The van der Waals surface area contributed by atoms with Gasteiger partial charge in [0.05, 0.1) is 18.2 Å². The van der Waals surface area contributed by atoms with Gasteiger partial charge in [0.25, 0.3) is 5.91 Å². The van der Waals surface area contributed by atoms with E-state index in [9.17, 15) is 4.79 Å². The molecule has 0 radical (unpaired) electrons. The van der Waals surface area contributed by atoms with Gasteiger partial charge in [0.2, 0.25) is 0 Å². The lowest BCUT2D eigenvalue weighted by Crippen LogP contribution is -2.47. The van der Waals surface area contributed by atoms with Crippen molar-refractivity contribution in [2.75, 3.05) is 26.2 Å². The molecule has 1 atom stereocenters. The summed E-state index contributed by atoms with van der Waals surface area (Å²) >= 11 is 0. The molecule has 2 heterocycles. The summed E-state index contributed by atoms with van der Waals surface area (Å²) in [6, 6.07) is 12.4. The average Bonchev–Trinajstić information content (AvgIpc) is 3.44. The molecule has 1 unspecified atom stereocenters.